The molecular formula is C29H34N2O3. The van der Waals surface area contributed by atoms with Crippen molar-refractivity contribution >= 4 is 16.9 Å². The van der Waals surface area contributed by atoms with Gasteiger partial charge in [-0.3, -0.25) is 4.79 Å². The molecule has 0 amide bonds. The molecule has 178 valence electrons. The summed E-state index contributed by atoms with van der Waals surface area (Å²) >= 11 is 0. The first-order valence-corrected chi connectivity index (χ1v) is 11.5. The Hall–Kier alpha value is -3.57. The molecule has 0 radical (unpaired) electrons. The number of carbonyl (C=O) groups is 1. The lowest BCUT2D eigenvalue weighted by molar-refractivity contribution is -0.143. The Labute approximate surface area is 202 Å². The lowest BCUT2D eigenvalue weighted by atomic mass is 9.82. The number of carboxylic acids is 1. The van der Waals surface area contributed by atoms with Gasteiger partial charge in [0, 0.05) is 29.7 Å². The molecule has 3 aromatic rings. The number of benzene rings is 2. The smallest absolute Gasteiger partial charge is 0.317 e. The first-order valence-electron chi connectivity index (χ1n) is 11.5. The van der Waals surface area contributed by atoms with Crippen molar-refractivity contribution in [3.05, 3.63) is 103 Å². The van der Waals surface area contributed by atoms with Crippen molar-refractivity contribution < 1.29 is 14.6 Å². The molecule has 0 aliphatic rings. The molecule has 0 aliphatic heterocycles. The van der Waals surface area contributed by atoms with E-state index >= 15 is 0 Å². The molecular weight excluding hydrogens is 424 g/mol. The van der Waals surface area contributed by atoms with E-state index in [2.05, 4.69) is 60.0 Å². The van der Waals surface area contributed by atoms with Gasteiger partial charge in [-0.15, -0.1) is 19.7 Å². The Morgan fingerprint density at radius 3 is 2.41 bits per heavy atom. The van der Waals surface area contributed by atoms with Gasteiger partial charge < -0.3 is 19.7 Å². The average Bonchev–Trinajstić information content (AvgIpc) is 3.15. The second-order valence-electron chi connectivity index (χ2n) is 8.37. The molecule has 0 saturated heterocycles. The number of hydrogen-bond donors (Lipinski definition) is 2. The van der Waals surface area contributed by atoms with Gasteiger partial charge >= 0.3 is 5.97 Å². The van der Waals surface area contributed by atoms with E-state index in [1.54, 1.807) is 7.11 Å². The summed E-state index contributed by atoms with van der Waals surface area (Å²) in [5.41, 5.74) is 3.51. The van der Waals surface area contributed by atoms with Crippen LogP contribution < -0.4 is 10.1 Å². The molecule has 0 aliphatic carbocycles. The Balaban J connectivity index is 2.07. The molecule has 0 saturated carbocycles. The van der Waals surface area contributed by atoms with Gasteiger partial charge in [-0.2, -0.15) is 0 Å². The zero-order valence-electron chi connectivity index (χ0n) is 19.9. The van der Waals surface area contributed by atoms with Crippen LogP contribution in [0.2, 0.25) is 0 Å². The van der Waals surface area contributed by atoms with Crippen LogP contribution in [0.1, 0.15) is 23.2 Å². The van der Waals surface area contributed by atoms with Crippen LogP contribution in [0.15, 0.2) is 86.5 Å². The number of methoxy groups -OCH3 is 1. The molecule has 1 heterocycles. The molecule has 0 unspecified atom stereocenters. The van der Waals surface area contributed by atoms with Crippen LogP contribution in [0, 0.1) is 5.41 Å². The van der Waals surface area contributed by atoms with Crippen LogP contribution in [0.25, 0.3) is 10.9 Å². The highest BCUT2D eigenvalue weighted by molar-refractivity contribution is 5.86. The summed E-state index contributed by atoms with van der Waals surface area (Å²) in [5, 5.41) is 14.5. The number of nitrogens with zero attached hydrogens (tertiary/aromatic N) is 1. The number of aromatic nitrogens is 1. The second kappa shape index (κ2) is 11.5. The summed E-state index contributed by atoms with van der Waals surface area (Å²) in [7, 11) is 1.66. The van der Waals surface area contributed by atoms with Crippen molar-refractivity contribution in [3.63, 3.8) is 0 Å². The lowest BCUT2D eigenvalue weighted by Crippen LogP contribution is -2.27. The van der Waals surface area contributed by atoms with Gasteiger partial charge in [0.2, 0.25) is 0 Å². The lowest BCUT2D eigenvalue weighted by Gasteiger charge is -2.22. The predicted molar refractivity (Wildman–Crippen MR) is 140 cm³/mol. The van der Waals surface area contributed by atoms with E-state index < -0.39 is 11.4 Å². The molecule has 5 nitrogen and oxygen atoms in total. The van der Waals surface area contributed by atoms with Gasteiger partial charge in [0.05, 0.1) is 7.11 Å². The van der Waals surface area contributed by atoms with Gasteiger partial charge in [0.15, 0.2) is 0 Å². The van der Waals surface area contributed by atoms with Gasteiger partial charge in [-0.25, -0.2) is 0 Å². The van der Waals surface area contributed by atoms with E-state index in [4.69, 9.17) is 4.74 Å². The number of aliphatic carboxylic acids is 1. The molecule has 2 N–H and O–H groups in total. The summed E-state index contributed by atoms with van der Waals surface area (Å²) < 4.78 is 7.63. The Kier molecular flexibility index (Phi) is 8.50. The first-order chi connectivity index (χ1) is 16.5. The van der Waals surface area contributed by atoms with Crippen molar-refractivity contribution in [2.75, 3.05) is 20.2 Å². The SMILES string of the molecule is C=CCNCCc1c(CCC(C=C)(C=C)C(=O)O)n(Cc2ccc(OC)cc2)c2ccccc12. The number of para-hydroxylation sites is 1. The normalized spacial score (nSPS) is 11.3. The molecule has 1 aromatic heterocycles. The van der Waals surface area contributed by atoms with Crippen molar-refractivity contribution in [2.24, 2.45) is 5.41 Å². The fraction of sp³-hybridized carbons (Fsp3) is 0.276. The molecule has 0 fully saturated rings. The minimum Gasteiger partial charge on any atom is -0.497 e. The number of hydrogen-bond acceptors (Lipinski definition) is 3. The summed E-state index contributed by atoms with van der Waals surface area (Å²) in [6.45, 7) is 13.6. The number of nitrogens with one attached hydrogen (secondary N) is 1. The standard InChI is InChI=1S/C29H34N2O3/c1-5-19-30-20-17-25-24-10-8-9-11-26(24)31(21-22-12-14-23(34-4)15-13-22)27(25)16-18-29(6-2,7-3)28(32)33/h5-15,30H,1-3,16-21H2,4H3,(H,32,33). The zero-order chi connectivity index (χ0) is 24.6. The second-order valence-corrected chi connectivity index (χ2v) is 8.37. The van der Waals surface area contributed by atoms with Gasteiger partial charge in [-0.05, 0) is 55.1 Å². The molecule has 0 bridgehead atoms. The van der Waals surface area contributed by atoms with Crippen molar-refractivity contribution in [1.82, 2.24) is 9.88 Å². The largest absolute Gasteiger partial charge is 0.497 e. The third-order valence-corrected chi connectivity index (χ3v) is 6.44. The maximum Gasteiger partial charge on any atom is 0.317 e. The summed E-state index contributed by atoms with van der Waals surface area (Å²) in [5.74, 6) is -0.108. The van der Waals surface area contributed by atoms with Crippen molar-refractivity contribution in [3.8, 4) is 5.75 Å². The number of fused-ring (bicyclic) bond motifs is 1. The number of ether oxygens (including phenoxy) is 1. The summed E-state index contributed by atoms with van der Waals surface area (Å²) in [6.07, 6.45) is 6.65. The van der Waals surface area contributed by atoms with E-state index in [0.717, 1.165) is 42.0 Å². The Bertz CT molecular complexity index is 1150. The monoisotopic (exact) mass is 458 g/mol. The third-order valence-electron chi connectivity index (χ3n) is 6.44. The quantitative estimate of drug-likeness (QED) is 0.251. The van der Waals surface area contributed by atoms with Crippen LogP contribution in [0.3, 0.4) is 0 Å². The molecule has 0 spiro atoms. The first kappa shape index (κ1) is 25.1. The van der Waals surface area contributed by atoms with E-state index in [0.29, 0.717) is 19.4 Å². The average molecular weight is 459 g/mol. The van der Waals surface area contributed by atoms with Crippen molar-refractivity contribution in [2.45, 2.75) is 25.8 Å². The van der Waals surface area contributed by atoms with Gasteiger partial charge in [0.1, 0.15) is 11.2 Å². The van der Waals surface area contributed by atoms with Gasteiger partial charge in [0.25, 0.3) is 0 Å². The molecule has 5 heteroatoms. The third kappa shape index (κ3) is 5.32. The fourth-order valence-corrected chi connectivity index (χ4v) is 4.40. The van der Waals surface area contributed by atoms with Crippen LogP contribution in [-0.2, 0) is 24.2 Å². The van der Waals surface area contributed by atoms with Crippen LogP contribution in [0.5, 0.6) is 5.75 Å². The molecule has 2 aromatic carbocycles. The Morgan fingerprint density at radius 1 is 1.09 bits per heavy atom. The molecule has 34 heavy (non-hydrogen) atoms. The highest BCUT2D eigenvalue weighted by Crippen LogP contribution is 2.33. The maximum absolute atomic E-state index is 12.1. The van der Waals surface area contributed by atoms with E-state index in [1.807, 2.05) is 24.3 Å². The minimum absolute atomic E-state index is 0.390. The van der Waals surface area contributed by atoms with Crippen LogP contribution in [-0.4, -0.2) is 35.8 Å². The van der Waals surface area contributed by atoms with E-state index in [9.17, 15) is 9.90 Å². The van der Waals surface area contributed by atoms with Crippen molar-refractivity contribution in [1.29, 1.82) is 0 Å². The zero-order valence-corrected chi connectivity index (χ0v) is 19.9. The summed E-state index contributed by atoms with van der Waals surface area (Å²) in [6, 6.07) is 16.4. The maximum atomic E-state index is 12.1. The topological polar surface area (TPSA) is 63.5 Å². The molecule has 3 rings (SSSR count). The molecule has 0 atom stereocenters. The number of rotatable bonds is 14. The highest BCUT2D eigenvalue weighted by Gasteiger charge is 2.32. The minimum atomic E-state index is -1.17. The van der Waals surface area contributed by atoms with Crippen LogP contribution >= 0.6 is 0 Å². The predicted octanol–water partition coefficient (Wildman–Crippen LogP) is 5.39. The number of carboxylic acid groups (broad SMARTS) is 1. The summed E-state index contributed by atoms with van der Waals surface area (Å²) in [4.78, 5) is 12.1. The highest BCUT2D eigenvalue weighted by atomic mass is 16.5. The van der Waals surface area contributed by atoms with Crippen LogP contribution in [0.4, 0.5) is 0 Å². The van der Waals surface area contributed by atoms with E-state index in [-0.39, 0.29) is 0 Å². The van der Waals surface area contributed by atoms with Gasteiger partial charge in [-0.1, -0.05) is 48.6 Å². The van der Waals surface area contributed by atoms with E-state index in [1.165, 1.54) is 23.1 Å². The Morgan fingerprint density at radius 2 is 1.79 bits per heavy atom. The fourth-order valence-electron chi connectivity index (χ4n) is 4.40.